The van der Waals surface area contributed by atoms with E-state index in [4.69, 9.17) is 10.2 Å². The van der Waals surface area contributed by atoms with E-state index in [9.17, 15) is 13.2 Å². The van der Waals surface area contributed by atoms with E-state index < -0.39 is 21.5 Å². The number of aromatic carboxylic acids is 1. The van der Waals surface area contributed by atoms with E-state index in [1.54, 1.807) is 0 Å². The molecule has 6 nitrogen and oxygen atoms in total. The van der Waals surface area contributed by atoms with Gasteiger partial charge >= 0.3 is 5.97 Å². The van der Waals surface area contributed by atoms with Gasteiger partial charge in [0.2, 0.25) is 10.0 Å². The minimum atomic E-state index is -3.82. The zero-order valence-corrected chi connectivity index (χ0v) is 12.2. The van der Waals surface area contributed by atoms with Crippen molar-refractivity contribution in [1.29, 1.82) is 0 Å². The van der Waals surface area contributed by atoms with E-state index in [0.717, 1.165) is 17.4 Å². The van der Waals surface area contributed by atoms with Crippen LogP contribution in [0.2, 0.25) is 0 Å². The topological polar surface area (TPSA) is 104 Å². The third-order valence-corrected chi connectivity index (χ3v) is 6.48. The van der Waals surface area contributed by atoms with Crippen molar-refractivity contribution in [1.82, 2.24) is 4.72 Å². The van der Waals surface area contributed by atoms with E-state index in [2.05, 4.69) is 20.7 Å². The van der Waals surface area contributed by atoms with E-state index in [0.29, 0.717) is 12.8 Å². The maximum Gasteiger partial charge on any atom is 0.345 e. The third-order valence-electron chi connectivity index (χ3n) is 2.66. The normalized spacial score (nSPS) is 17.7. The molecule has 0 saturated heterocycles. The lowest BCUT2D eigenvalue weighted by Gasteiger charge is -2.13. The molecular formula is C9H10BrNO5S2. The van der Waals surface area contributed by atoms with Crippen molar-refractivity contribution in [2.75, 3.05) is 6.61 Å². The number of carboxylic acid groups (broad SMARTS) is 1. The summed E-state index contributed by atoms with van der Waals surface area (Å²) in [6.07, 6.45) is 1.16. The Labute approximate surface area is 116 Å². The Kier molecular flexibility index (Phi) is 3.54. The van der Waals surface area contributed by atoms with Crippen LogP contribution in [0.3, 0.4) is 0 Å². The molecule has 0 aromatic carbocycles. The number of thiophene rings is 1. The second-order valence-electron chi connectivity index (χ2n) is 4.10. The highest BCUT2D eigenvalue weighted by molar-refractivity contribution is 9.11. The standard InChI is InChI=1S/C9H10BrNO5S2/c10-7-6(3-5(17-7)8(13)14)18(15,16)11-9(4-12)1-2-9/h3,11-12H,1-2,4H2,(H,13,14). The molecule has 1 saturated carbocycles. The summed E-state index contributed by atoms with van der Waals surface area (Å²) in [5.41, 5.74) is -0.774. The van der Waals surface area contributed by atoms with Crippen LogP contribution >= 0.6 is 27.3 Å². The van der Waals surface area contributed by atoms with Crippen LogP contribution in [-0.4, -0.2) is 36.7 Å². The van der Waals surface area contributed by atoms with Crippen LogP contribution in [0, 0.1) is 0 Å². The second-order valence-corrected chi connectivity index (χ2v) is 8.12. The summed E-state index contributed by atoms with van der Waals surface area (Å²) in [4.78, 5) is 10.6. The summed E-state index contributed by atoms with van der Waals surface area (Å²) < 4.78 is 26.8. The lowest BCUT2D eigenvalue weighted by Crippen LogP contribution is -2.39. The number of carbonyl (C=O) groups is 1. The molecule has 1 heterocycles. The number of rotatable bonds is 5. The van der Waals surface area contributed by atoms with E-state index in [1.165, 1.54) is 0 Å². The van der Waals surface area contributed by atoms with Gasteiger partial charge in [-0.2, -0.15) is 0 Å². The molecule has 1 aromatic heterocycles. The fraction of sp³-hybridized carbons (Fsp3) is 0.444. The molecule has 1 aromatic rings. The molecule has 1 fully saturated rings. The molecule has 2 rings (SSSR count). The van der Waals surface area contributed by atoms with Crippen molar-refractivity contribution in [2.24, 2.45) is 0 Å². The van der Waals surface area contributed by atoms with Crippen molar-refractivity contribution >= 4 is 43.3 Å². The highest BCUT2D eigenvalue weighted by Crippen LogP contribution is 2.38. The van der Waals surface area contributed by atoms with Gasteiger partial charge in [0.05, 0.1) is 15.9 Å². The van der Waals surface area contributed by atoms with Gasteiger partial charge in [0.1, 0.15) is 9.77 Å². The van der Waals surface area contributed by atoms with Gasteiger partial charge in [-0.15, -0.1) is 11.3 Å². The zero-order valence-electron chi connectivity index (χ0n) is 9.01. The Balaban J connectivity index is 2.33. The van der Waals surface area contributed by atoms with Crippen molar-refractivity contribution < 1.29 is 23.4 Å². The quantitative estimate of drug-likeness (QED) is 0.731. The van der Waals surface area contributed by atoms with E-state index >= 15 is 0 Å². The summed E-state index contributed by atoms with van der Waals surface area (Å²) in [7, 11) is -3.82. The van der Waals surface area contributed by atoms with Gasteiger partial charge in [-0.3, -0.25) is 0 Å². The van der Waals surface area contributed by atoms with Crippen molar-refractivity contribution in [3.63, 3.8) is 0 Å². The number of aliphatic hydroxyl groups is 1. The number of aliphatic hydroxyl groups excluding tert-OH is 1. The van der Waals surface area contributed by atoms with Gasteiger partial charge in [0, 0.05) is 0 Å². The number of halogens is 1. The first kappa shape index (κ1) is 13.9. The molecule has 0 spiro atoms. The molecule has 0 radical (unpaired) electrons. The van der Waals surface area contributed by atoms with Crippen molar-refractivity contribution in [2.45, 2.75) is 23.3 Å². The van der Waals surface area contributed by atoms with Gasteiger partial charge in [-0.05, 0) is 34.8 Å². The zero-order chi connectivity index (χ0) is 13.6. The first-order chi connectivity index (χ1) is 8.30. The minimum absolute atomic E-state index is 0.0592. The number of nitrogens with one attached hydrogen (secondary N) is 1. The van der Waals surface area contributed by atoms with Gasteiger partial charge in [-0.25, -0.2) is 17.9 Å². The Morgan fingerprint density at radius 3 is 2.56 bits per heavy atom. The van der Waals surface area contributed by atoms with Crippen LogP contribution in [0.1, 0.15) is 22.5 Å². The summed E-state index contributed by atoms with van der Waals surface area (Å²) in [5.74, 6) is -1.18. The summed E-state index contributed by atoms with van der Waals surface area (Å²) in [6.45, 7) is -0.264. The highest BCUT2D eigenvalue weighted by Gasteiger charge is 2.46. The van der Waals surface area contributed by atoms with Crippen molar-refractivity contribution in [3.8, 4) is 0 Å². The fourth-order valence-electron chi connectivity index (χ4n) is 1.42. The van der Waals surface area contributed by atoms with E-state index in [1.807, 2.05) is 0 Å². The average Bonchev–Trinajstić information content (AvgIpc) is 2.90. The Morgan fingerprint density at radius 1 is 1.56 bits per heavy atom. The summed E-state index contributed by atoms with van der Waals surface area (Å²) in [5, 5.41) is 17.9. The first-order valence-corrected chi connectivity index (χ1v) is 8.06. The van der Waals surface area contributed by atoms with Crippen LogP contribution < -0.4 is 4.72 Å². The molecule has 100 valence electrons. The van der Waals surface area contributed by atoms with Crippen LogP contribution in [0.5, 0.6) is 0 Å². The molecule has 0 bridgehead atoms. The predicted octanol–water partition coefficient (Wildman–Crippen LogP) is 1.01. The number of hydrogen-bond donors (Lipinski definition) is 3. The highest BCUT2D eigenvalue weighted by atomic mass is 79.9. The van der Waals surface area contributed by atoms with Crippen LogP contribution in [-0.2, 0) is 10.0 Å². The SMILES string of the molecule is O=C(O)c1cc(S(=O)(=O)NC2(CO)CC2)c(Br)s1. The molecule has 9 heteroatoms. The smallest absolute Gasteiger partial charge is 0.345 e. The molecule has 3 N–H and O–H groups in total. The van der Waals surface area contributed by atoms with Gasteiger partial charge in [0.15, 0.2) is 0 Å². The molecule has 1 aliphatic carbocycles. The summed E-state index contributed by atoms with van der Waals surface area (Å²) >= 11 is 3.88. The maximum absolute atomic E-state index is 12.1. The number of sulfonamides is 1. The van der Waals surface area contributed by atoms with Gasteiger partial charge in [-0.1, -0.05) is 0 Å². The first-order valence-electron chi connectivity index (χ1n) is 4.97. The Bertz CT molecular complexity index is 590. The molecule has 0 aliphatic heterocycles. The largest absolute Gasteiger partial charge is 0.477 e. The Morgan fingerprint density at radius 2 is 2.17 bits per heavy atom. The van der Waals surface area contributed by atoms with Crippen LogP contribution in [0.15, 0.2) is 14.7 Å². The molecule has 1 aliphatic rings. The summed E-state index contributed by atoms with van der Waals surface area (Å²) in [6, 6.07) is 1.10. The van der Waals surface area contributed by atoms with Crippen LogP contribution in [0.4, 0.5) is 0 Å². The molecule has 0 amide bonds. The third kappa shape index (κ3) is 2.59. The lowest BCUT2D eigenvalue weighted by atomic mass is 10.3. The second kappa shape index (κ2) is 4.57. The lowest BCUT2D eigenvalue weighted by molar-refractivity contribution is 0.0702. The Hall–Kier alpha value is -0.480. The van der Waals surface area contributed by atoms with Gasteiger partial charge < -0.3 is 10.2 Å². The maximum atomic E-state index is 12.1. The number of carboxylic acids is 1. The van der Waals surface area contributed by atoms with Crippen LogP contribution in [0.25, 0.3) is 0 Å². The average molecular weight is 356 g/mol. The fourth-order valence-corrected chi connectivity index (χ4v) is 5.28. The molecular weight excluding hydrogens is 346 g/mol. The van der Waals surface area contributed by atoms with Crippen molar-refractivity contribution in [3.05, 3.63) is 14.7 Å². The molecule has 18 heavy (non-hydrogen) atoms. The minimum Gasteiger partial charge on any atom is -0.477 e. The monoisotopic (exact) mass is 355 g/mol. The van der Waals surface area contributed by atoms with Gasteiger partial charge in [0.25, 0.3) is 0 Å². The predicted molar refractivity (Wildman–Crippen MR) is 68.4 cm³/mol. The number of hydrogen-bond acceptors (Lipinski definition) is 5. The van der Waals surface area contributed by atoms with E-state index in [-0.39, 0.29) is 20.2 Å². The molecule has 0 atom stereocenters. The molecule has 0 unspecified atom stereocenters.